The molecule has 2 aromatic carbocycles. The molecule has 1 aliphatic rings. The monoisotopic (exact) mass is 464 g/mol. The first-order chi connectivity index (χ1) is 16.4. The number of aliphatic carboxylic acids is 1. The summed E-state index contributed by atoms with van der Waals surface area (Å²) in [5, 5.41) is 9.92. The van der Waals surface area contributed by atoms with Crippen molar-refractivity contribution in [2.24, 2.45) is 5.92 Å². The van der Waals surface area contributed by atoms with Crippen molar-refractivity contribution in [3.05, 3.63) is 59.2 Å². The van der Waals surface area contributed by atoms with E-state index in [1.54, 1.807) is 12.1 Å². The van der Waals surface area contributed by atoms with E-state index < -0.39 is 11.4 Å². The SMILES string of the molecule is CCCC(CC)C(=O)Oc1ccc2c(c1)OCC(c1ccc(C(CC)(CCC)C(=O)O)cc1)=C2. The van der Waals surface area contributed by atoms with Gasteiger partial charge in [0.25, 0.3) is 0 Å². The Morgan fingerprint density at radius 2 is 1.79 bits per heavy atom. The molecule has 5 nitrogen and oxygen atoms in total. The van der Waals surface area contributed by atoms with Crippen LogP contribution in [0.3, 0.4) is 0 Å². The summed E-state index contributed by atoms with van der Waals surface area (Å²) in [4.78, 5) is 24.5. The Morgan fingerprint density at radius 3 is 2.38 bits per heavy atom. The van der Waals surface area contributed by atoms with Crippen LogP contribution in [-0.2, 0) is 15.0 Å². The summed E-state index contributed by atoms with van der Waals surface area (Å²) in [5.74, 6) is 0.147. The topological polar surface area (TPSA) is 72.8 Å². The number of fused-ring (bicyclic) bond motifs is 1. The molecular formula is C29H36O5. The van der Waals surface area contributed by atoms with Gasteiger partial charge < -0.3 is 14.6 Å². The Kier molecular flexibility index (Phi) is 8.54. The fourth-order valence-corrected chi connectivity index (χ4v) is 4.75. The predicted molar refractivity (Wildman–Crippen MR) is 135 cm³/mol. The number of rotatable bonds is 11. The van der Waals surface area contributed by atoms with Crippen LogP contribution in [-0.4, -0.2) is 23.7 Å². The number of esters is 1. The fourth-order valence-electron chi connectivity index (χ4n) is 4.75. The van der Waals surface area contributed by atoms with Gasteiger partial charge >= 0.3 is 11.9 Å². The number of hydrogen-bond acceptors (Lipinski definition) is 4. The average molecular weight is 465 g/mol. The van der Waals surface area contributed by atoms with Crippen LogP contribution in [0.2, 0.25) is 0 Å². The van der Waals surface area contributed by atoms with Crippen molar-refractivity contribution < 1.29 is 24.2 Å². The lowest BCUT2D eigenvalue weighted by molar-refractivity contribution is -0.144. The van der Waals surface area contributed by atoms with Gasteiger partial charge in [-0.1, -0.05) is 64.8 Å². The molecule has 182 valence electrons. The zero-order valence-electron chi connectivity index (χ0n) is 20.7. The summed E-state index contributed by atoms with van der Waals surface area (Å²) in [6, 6.07) is 13.3. The van der Waals surface area contributed by atoms with Gasteiger partial charge in [-0.3, -0.25) is 9.59 Å². The molecule has 0 amide bonds. The molecule has 2 unspecified atom stereocenters. The minimum Gasteiger partial charge on any atom is -0.488 e. The first-order valence-corrected chi connectivity index (χ1v) is 12.4. The van der Waals surface area contributed by atoms with Crippen LogP contribution in [0.4, 0.5) is 0 Å². The van der Waals surface area contributed by atoms with Gasteiger partial charge in [-0.25, -0.2) is 0 Å². The van der Waals surface area contributed by atoms with Crippen LogP contribution in [0.25, 0.3) is 11.6 Å². The number of carbonyl (C=O) groups excluding carboxylic acids is 1. The molecule has 2 aromatic rings. The first kappa shape index (κ1) is 25.5. The molecule has 0 saturated heterocycles. The van der Waals surface area contributed by atoms with Gasteiger partial charge in [0.1, 0.15) is 18.1 Å². The molecule has 0 aromatic heterocycles. The van der Waals surface area contributed by atoms with Gasteiger partial charge in [0, 0.05) is 11.6 Å². The molecule has 0 aliphatic carbocycles. The second-order valence-electron chi connectivity index (χ2n) is 9.04. The standard InChI is InChI=1S/C29H36O5/c1-5-9-20(7-3)27(30)34-25-15-12-22-17-23(19-33-26(22)18-25)21-10-13-24(14-11-21)29(8-4,16-6-2)28(31)32/h10-15,17-18,20H,5-9,16,19H2,1-4H3,(H,31,32). The van der Waals surface area contributed by atoms with Crippen LogP contribution >= 0.6 is 0 Å². The maximum atomic E-state index is 12.4. The Bertz CT molecular complexity index is 1040. The van der Waals surface area contributed by atoms with Crippen LogP contribution in [0.5, 0.6) is 11.5 Å². The molecule has 0 radical (unpaired) electrons. The minimum atomic E-state index is -0.848. The molecule has 0 fully saturated rings. The van der Waals surface area contributed by atoms with Gasteiger partial charge in [-0.2, -0.15) is 0 Å². The lowest BCUT2D eigenvalue weighted by Gasteiger charge is -2.28. The summed E-state index contributed by atoms with van der Waals surface area (Å²) >= 11 is 0. The zero-order chi connectivity index (χ0) is 24.7. The average Bonchev–Trinajstić information content (AvgIpc) is 2.85. The molecule has 2 atom stereocenters. The lowest BCUT2D eigenvalue weighted by Crippen LogP contribution is -2.35. The Morgan fingerprint density at radius 1 is 1.06 bits per heavy atom. The van der Waals surface area contributed by atoms with E-state index in [0.717, 1.165) is 47.9 Å². The van der Waals surface area contributed by atoms with Crippen molar-refractivity contribution in [1.82, 2.24) is 0 Å². The summed E-state index contributed by atoms with van der Waals surface area (Å²) in [6.45, 7) is 8.42. The van der Waals surface area contributed by atoms with Gasteiger partial charge in [0.2, 0.25) is 0 Å². The maximum Gasteiger partial charge on any atom is 0.314 e. The third kappa shape index (κ3) is 5.35. The number of carbonyl (C=O) groups is 2. The minimum absolute atomic E-state index is 0.0821. The fraction of sp³-hybridized carbons (Fsp3) is 0.448. The number of ether oxygens (including phenoxy) is 2. The molecule has 1 aliphatic heterocycles. The van der Waals surface area contributed by atoms with Crippen LogP contribution in [0, 0.1) is 5.92 Å². The van der Waals surface area contributed by atoms with Crippen molar-refractivity contribution in [2.75, 3.05) is 6.61 Å². The summed E-state index contributed by atoms with van der Waals surface area (Å²) in [6.07, 6.45) is 6.59. The van der Waals surface area contributed by atoms with Crippen molar-refractivity contribution >= 4 is 23.6 Å². The molecule has 3 rings (SSSR count). The quantitative estimate of drug-likeness (QED) is 0.290. The van der Waals surface area contributed by atoms with E-state index in [2.05, 4.69) is 13.0 Å². The molecule has 34 heavy (non-hydrogen) atoms. The third-order valence-electron chi connectivity index (χ3n) is 6.88. The van der Waals surface area contributed by atoms with E-state index in [0.29, 0.717) is 30.9 Å². The van der Waals surface area contributed by atoms with Crippen molar-refractivity contribution in [2.45, 2.75) is 71.6 Å². The molecule has 0 bridgehead atoms. The Labute approximate surface area is 202 Å². The van der Waals surface area contributed by atoms with E-state index in [4.69, 9.17) is 9.47 Å². The number of benzene rings is 2. The molecule has 1 heterocycles. The summed E-state index contributed by atoms with van der Waals surface area (Å²) < 4.78 is 11.6. The highest BCUT2D eigenvalue weighted by Crippen LogP contribution is 2.36. The molecular weight excluding hydrogens is 428 g/mol. The van der Waals surface area contributed by atoms with Gasteiger partial charge in [0.05, 0.1) is 11.3 Å². The van der Waals surface area contributed by atoms with Crippen LogP contribution < -0.4 is 9.47 Å². The van der Waals surface area contributed by atoms with Crippen molar-refractivity contribution in [3.8, 4) is 11.5 Å². The van der Waals surface area contributed by atoms with E-state index in [1.807, 2.05) is 51.1 Å². The molecule has 0 saturated carbocycles. The van der Waals surface area contributed by atoms with Crippen LogP contribution in [0.15, 0.2) is 42.5 Å². The third-order valence-corrected chi connectivity index (χ3v) is 6.88. The number of carboxylic acids is 1. The predicted octanol–water partition coefficient (Wildman–Crippen LogP) is 6.88. The van der Waals surface area contributed by atoms with E-state index in [9.17, 15) is 14.7 Å². The summed E-state index contributed by atoms with van der Waals surface area (Å²) in [7, 11) is 0. The molecule has 0 spiro atoms. The normalized spacial score (nSPS) is 15.4. The zero-order valence-corrected chi connectivity index (χ0v) is 20.7. The van der Waals surface area contributed by atoms with Gasteiger partial charge in [-0.15, -0.1) is 0 Å². The highest BCUT2D eigenvalue weighted by Gasteiger charge is 2.37. The first-order valence-electron chi connectivity index (χ1n) is 12.4. The van der Waals surface area contributed by atoms with E-state index in [1.165, 1.54) is 0 Å². The van der Waals surface area contributed by atoms with Gasteiger partial charge in [-0.05, 0) is 60.6 Å². The largest absolute Gasteiger partial charge is 0.488 e. The molecule has 1 N–H and O–H groups in total. The van der Waals surface area contributed by atoms with Crippen molar-refractivity contribution in [1.29, 1.82) is 0 Å². The number of carboxylic acid groups (broad SMARTS) is 1. The van der Waals surface area contributed by atoms with E-state index in [-0.39, 0.29) is 11.9 Å². The number of hydrogen-bond donors (Lipinski definition) is 1. The van der Waals surface area contributed by atoms with Crippen LogP contribution in [0.1, 0.15) is 82.9 Å². The second-order valence-corrected chi connectivity index (χ2v) is 9.04. The smallest absolute Gasteiger partial charge is 0.314 e. The van der Waals surface area contributed by atoms with Crippen molar-refractivity contribution in [3.63, 3.8) is 0 Å². The van der Waals surface area contributed by atoms with E-state index >= 15 is 0 Å². The van der Waals surface area contributed by atoms with Gasteiger partial charge in [0.15, 0.2) is 0 Å². The highest BCUT2D eigenvalue weighted by molar-refractivity contribution is 5.87. The Balaban J connectivity index is 1.79. The summed E-state index contributed by atoms with van der Waals surface area (Å²) in [5.41, 5.74) is 2.93. The molecule has 5 heteroatoms. The second kappa shape index (κ2) is 11.4. The maximum absolute atomic E-state index is 12.4. The Hall–Kier alpha value is -3.08. The highest BCUT2D eigenvalue weighted by atomic mass is 16.5. The lowest BCUT2D eigenvalue weighted by atomic mass is 9.74.